The molecule has 0 atom stereocenters. The number of carbonyl (C=O) groups is 1. The van der Waals surface area contributed by atoms with Gasteiger partial charge in [0.15, 0.2) is 0 Å². The average Bonchev–Trinajstić information content (AvgIpc) is 2.61. The van der Waals surface area contributed by atoms with Gasteiger partial charge in [-0.15, -0.1) is 0 Å². The maximum Gasteiger partial charge on any atom is 0.310 e. The van der Waals surface area contributed by atoms with Crippen molar-refractivity contribution in [1.29, 1.82) is 0 Å². The SMILES string of the molecule is CCOC(=O)Cc1coc2ccc(N)cc12. The van der Waals surface area contributed by atoms with E-state index in [4.69, 9.17) is 14.9 Å². The summed E-state index contributed by atoms with van der Waals surface area (Å²) in [4.78, 5) is 11.3. The number of ether oxygens (including phenoxy) is 1. The predicted octanol–water partition coefficient (Wildman–Crippen LogP) is 2.12. The number of hydrogen-bond acceptors (Lipinski definition) is 4. The molecule has 1 heterocycles. The third kappa shape index (κ3) is 2.00. The lowest BCUT2D eigenvalue weighted by Gasteiger charge is -2.00. The van der Waals surface area contributed by atoms with Crippen LogP contribution in [-0.4, -0.2) is 12.6 Å². The van der Waals surface area contributed by atoms with E-state index >= 15 is 0 Å². The number of fused-ring (bicyclic) bond motifs is 1. The van der Waals surface area contributed by atoms with Crippen molar-refractivity contribution in [3.8, 4) is 0 Å². The van der Waals surface area contributed by atoms with E-state index in [1.807, 2.05) is 0 Å². The molecule has 84 valence electrons. The van der Waals surface area contributed by atoms with Crippen LogP contribution in [0.3, 0.4) is 0 Å². The molecule has 2 rings (SSSR count). The topological polar surface area (TPSA) is 65.5 Å². The van der Waals surface area contributed by atoms with Crippen LogP contribution in [0.1, 0.15) is 12.5 Å². The van der Waals surface area contributed by atoms with E-state index in [1.165, 1.54) is 0 Å². The number of carbonyl (C=O) groups excluding carboxylic acids is 1. The molecule has 0 unspecified atom stereocenters. The first-order chi connectivity index (χ1) is 7.70. The first kappa shape index (κ1) is 10.5. The van der Waals surface area contributed by atoms with Crippen LogP contribution in [0.5, 0.6) is 0 Å². The summed E-state index contributed by atoms with van der Waals surface area (Å²) >= 11 is 0. The van der Waals surface area contributed by atoms with E-state index in [2.05, 4.69) is 0 Å². The molecule has 0 bridgehead atoms. The van der Waals surface area contributed by atoms with E-state index in [0.29, 0.717) is 12.3 Å². The van der Waals surface area contributed by atoms with Crippen molar-refractivity contribution >= 4 is 22.6 Å². The van der Waals surface area contributed by atoms with E-state index < -0.39 is 0 Å². The Kier molecular flexibility index (Phi) is 2.81. The molecule has 16 heavy (non-hydrogen) atoms. The standard InChI is InChI=1S/C12H13NO3/c1-2-15-12(14)5-8-7-16-11-4-3-9(13)6-10(8)11/h3-4,6-7H,2,5,13H2,1H3. The van der Waals surface area contributed by atoms with Crippen LogP contribution >= 0.6 is 0 Å². The normalized spacial score (nSPS) is 10.6. The fourth-order valence-corrected chi connectivity index (χ4v) is 1.60. The summed E-state index contributed by atoms with van der Waals surface area (Å²) in [6.45, 7) is 2.17. The molecule has 1 aromatic carbocycles. The molecule has 2 N–H and O–H groups in total. The van der Waals surface area contributed by atoms with Gasteiger partial charge in [0, 0.05) is 16.6 Å². The second kappa shape index (κ2) is 4.26. The molecule has 0 saturated carbocycles. The minimum Gasteiger partial charge on any atom is -0.466 e. The number of benzene rings is 1. The molecule has 1 aromatic heterocycles. The van der Waals surface area contributed by atoms with Crippen LogP contribution in [0.2, 0.25) is 0 Å². The van der Waals surface area contributed by atoms with Crippen LogP contribution < -0.4 is 5.73 Å². The van der Waals surface area contributed by atoms with Gasteiger partial charge in [0.1, 0.15) is 5.58 Å². The van der Waals surface area contributed by atoms with Crippen LogP contribution in [0.15, 0.2) is 28.9 Å². The first-order valence-electron chi connectivity index (χ1n) is 5.12. The molecule has 0 radical (unpaired) electrons. The van der Waals surface area contributed by atoms with E-state index in [0.717, 1.165) is 16.5 Å². The van der Waals surface area contributed by atoms with E-state index in [1.54, 1.807) is 31.4 Å². The molecule has 0 fully saturated rings. The summed E-state index contributed by atoms with van der Waals surface area (Å²) < 4.78 is 10.2. The Bertz CT molecular complexity index is 516. The lowest BCUT2D eigenvalue weighted by atomic mass is 10.1. The Morgan fingerprint density at radius 2 is 2.31 bits per heavy atom. The molecule has 0 aliphatic carbocycles. The summed E-state index contributed by atoms with van der Waals surface area (Å²) in [6.07, 6.45) is 1.78. The van der Waals surface area contributed by atoms with Crippen molar-refractivity contribution in [2.45, 2.75) is 13.3 Å². The minimum atomic E-state index is -0.257. The predicted molar refractivity (Wildman–Crippen MR) is 61.0 cm³/mol. The molecular weight excluding hydrogens is 206 g/mol. The second-order valence-corrected chi connectivity index (χ2v) is 3.50. The summed E-state index contributed by atoms with van der Waals surface area (Å²) in [5.41, 5.74) is 7.87. The van der Waals surface area contributed by atoms with Gasteiger partial charge in [-0.2, -0.15) is 0 Å². The molecule has 0 saturated heterocycles. The maximum atomic E-state index is 11.3. The van der Waals surface area contributed by atoms with E-state index in [-0.39, 0.29) is 12.4 Å². The monoisotopic (exact) mass is 219 g/mol. The van der Waals surface area contributed by atoms with Gasteiger partial charge in [-0.05, 0) is 25.1 Å². The van der Waals surface area contributed by atoms with Crippen molar-refractivity contribution in [3.63, 3.8) is 0 Å². The van der Waals surface area contributed by atoms with Crippen LogP contribution in [0.25, 0.3) is 11.0 Å². The number of hydrogen-bond donors (Lipinski definition) is 1. The highest BCUT2D eigenvalue weighted by Crippen LogP contribution is 2.24. The number of furan rings is 1. The van der Waals surface area contributed by atoms with Gasteiger partial charge in [0.2, 0.25) is 0 Å². The smallest absolute Gasteiger partial charge is 0.310 e. The zero-order valence-corrected chi connectivity index (χ0v) is 9.03. The van der Waals surface area contributed by atoms with Gasteiger partial charge in [0.25, 0.3) is 0 Å². The number of esters is 1. The average molecular weight is 219 g/mol. The summed E-state index contributed by atoms with van der Waals surface area (Å²) in [7, 11) is 0. The number of anilines is 1. The molecule has 0 amide bonds. The molecule has 4 heteroatoms. The quantitative estimate of drug-likeness (QED) is 0.634. The maximum absolute atomic E-state index is 11.3. The van der Waals surface area contributed by atoms with Crippen LogP contribution in [0, 0.1) is 0 Å². The lowest BCUT2D eigenvalue weighted by molar-refractivity contribution is -0.142. The van der Waals surface area contributed by atoms with Crippen molar-refractivity contribution < 1.29 is 13.9 Å². The first-order valence-corrected chi connectivity index (χ1v) is 5.12. The van der Waals surface area contributed by atoms with Crippen molar-refractivity contribution in [2.75, 3.05) is 12.3 Å². The molecule has 4 nitrogen and oxygen atoms in total. The van der Waals surface area contributed by atoms with Gasteiger partial charge in [0.05, 0.1) is 19.3 Å². The fourth-order valence-electron chi connectivity index (χ4n) is 1.60. The molecule has 0 aliphatic rings. The summed E-state index contributed by atoms with van der Waals surface area (Å²) in [5.74, 6) is -0.257. The second-order valence-electron chi connectivity index (χ2n) is 3.50. The van der Waals surface area contributed by atoms with Gasteiger partial charge in [-0.1, -0.05) is 0 Å². The third-order valence-corrected chi connectivity index (χ3v) is 2.32. The number of rotatable bonds is 3. The lowest BCUT2D eigenvalue weighted by Crippen LogP contribution is -2.06. The zero-order chi connectivity index (χ0) is 11.5. The van der Waals surface area contributed by atoms with Gasteiger partial charge < -0.3 is 14.9 Å². The summed E-state index contributed by atoms with van der Waals surface area (Å²) in [6, 6.07) is 5.35. The van der Waals surface area contributed by atoms with Crippen molar-refractivity contribution in [1.82, 2.24) is 0 Å². The van der Waals surface area contributed by atoms with Crippen molar-refractivity contribution in [2.24, 2.45) is 0 Å². The number of nitrogen functional groups attached to an aromatic ring is 1. The van der Waals surface area contributed by atoms with Gasteiger partial charge in [-0.3, -0.25) is 4.79 Å². The van der Waals surface area contributed by atoms with Crippen molar-refractivity contribution in [3.05, 3.63) is 30.0 Å². The molecular formula is C12H13NO3. The molecule has 0 spiro atoms. The largest absolute Gasteiger partial charge is 0.466 e. The third-order valence-electron chi connectivity index (χ3n) is 2.32. The summed E-state index contributed by atoms with van der Waals surface area (Å²) in [5, 5.41) is 0.869. The highest BCUT2D eigenvalue weighted by molar-refractivity contribution is 5.87. The Morgan fingerprint density at radius 3 is 3.06 bits per heavy atom. The molecule has 0 aliphatic heterocycles. The van der Waals surface area contributed by atoms with E-state index in [9.17, 15) is 4.79 Å². The zero-order valence-electron chi connectivity index (χ0n) is 9.03. The molecule has 2 aromatic rings. The Hall–Kier alpha value is -1.97. The van der Waals surface area contributed by atoms with Crippen LogP contribution in [-0.2, 0) is 16.0 Å². The van der Waals surface area contributed by atoms with Gasteiger partial charge >= 0.3 is 5.97 Å². The Balaban J connectivity index is 2.30. The minimum absolute atomic E-state index is 0.213. The van der Waals surface area contributed by atoms with Crippen LogP contribution in [0.4, 0.5) is 5.69 Å². The fraction of sp³-hybridized carbons (Fsp3) is 0.250. The Morgan fingerprint density at radius 1 is 1.50 bits per heavy atom. The van der Waals surface area contributed by atoms with Gasteiger partial charge in [-0.25, -0.2) is 0 Å². The Labute approximate surface area is 93.0 Å². The highest BCUT2D eigenvalue weighted by Gasteiger charge is 2.10. The highest BCUT2D eigenvalue weighted by atomic mass is 16.5. The number of nitrogens with two attached hydrogens (primary N) is 1.